The van der Waals surface area contributed by atoms with E-state index in [-0.39, 0.29) is 13.2 Å². The number of rotatable bonds is 7. The number of aryl methyl sites for hydroxylation is 1. The van der Waals surface area contributed by atoms with Gasteiger partial charge in [-0.3, -0.25) is 0 Å². The highest BCUT2D eigenvalue weighted by Gasteiger charge is 2.14. The molecule has 6 nitrogen and oxygen atoms in total. The Morgan fingerprint density at radius 2 is 1.86 bits per heavy atom. The first-order chi connectivity index (χ1) is 13.5. The highest BCUT2D eigenvalue weighted by Crippen LogP contribution is 2.30. The fraction of sp³-hybridized carbons (Fsp3) is 0.182. The van der Waals surface area contributed by atoms with Gasteiger partial charge in [-0.25, -0.2) is 9.59 Å². The van der Waals surface area contributed by atoms with Crippen LogP contribution in [-0.2, 0) is 9.53 Å². The lowest BCUT2D eigenvalue weighted by molar-refractivity contribution is -0.144. The number of esters is 1. The normalized spacial score (nSPS) is 10.5. The molecule has 1 heterocycles. The van der Waals surface area contributed by atoms with Gasteiger partial charge < -0.3 is 18.6 Å². The Hall–Kier alpha value is -3.54. The van der Waals surface area contributed by atoms with E-state index in [0.29, 0.717) is 22.6 Å². The third kappa shape index (κ3) is 4.06. The Labute approximate surface area is 162 Å². The summed E-state index contributed by atoms with van der Waals surface area (Å²) >= 11 is 0. The van der Waals surface area contributed by atoms with Crippen molar-refractivity contribution in [1.82, 2.24) is 0 Å². The highest BCUT2D eigenvalue weighted by atomic mass is 16.6. The molecule has 0 atom stereocenters. The van der Waals surface area contributed by atoms with Crippen molar-refractivity contribution in [3.63, 3.8) is 0 Å². The van der Waals surface area contributed by atoms with Gasteiger partial charge in [-0.15, -0.1) is 0 Å². The molecule has 0 unspecified atom stereocenters. The largest absolute Gasteiger partial charge is 0.497 e. The van der Waals surface area contributed by atoms with Crippen LogP contribution in [-0.4, -0.2) is 26.3 Å². The maximum Gasteiger partial charge on any atom is 0.344 e. The van der Waals surface area contributed by atoms with Crippen LogP contribution < -0.4 is 15.1 Å². The molecule has 0 spiro atoms. The topological polar surface area (TPSA) is 75.0 Å². The van der Waals surface area contributed by atoms with E-state index in [1.54, 1.807) is 49.6 Å². The van der Waals surface area contributed by atoms with Gasteiger partial charge in [-0.05, 0) is 48.4 Å². The van der Waals surface area contributed by atoms with Gasteiger partial charge in [0.2, 0.25) is 0 Å². The quantitative estimate of drug-likeness (QED) is 0.352. The van der Waals surface area contributed by atoms with Crippen molar-refractivity contribution in [2.75, 3.05) is 20.3 Å². The van der Waals surface area contributed by atoms with Gasteiger partial charge in [0.05, 0.1) is 12.7 Å². The molecule has 1 aromatic heterocycles. The van der Waals surface area contributed by atoms with Gasteiger partial charge in [0, 0.05) is 5.39 Å². The summed E-state index contributed by atoms with van der Waals surface area (Å²) in [7, 11) is 1.58. The molecule has 3 aromatic rings. The molecule has 0 saturated carbocycles. The molecule has 0 fully saturated rings. The number of carbonyl (C=O) groups excluding carboxylic acids is 1. The van der Waals surface area contributed by atoms with Crippen molar-refractivity contribution in [3.8, 4) is 22.6 Å². The second-order valence-electron chi connectivity index (χ2n) is 6.04. The summed E-state index contributed by atoms with van der Waals surface area (Å²) in [6.07, 6.45) is 1.49. The van der Waals surface area contributed by atoms with Crippen LogP contribution in [0.2, 0.25) is 0 Å². The van der Waals surface area contributed by atoms with E-state index < -0.39 is 11.6 Å². The smallest absolute Gasteiger partial charge is 0.344 e. The Balaban J connectivity index is 1.94. The first-order valence-corrected chi connectivity index (χ1v) is 8.64. The van der Waals surface area contributed by atoms with Crippen molar-refractivity contribution in [2.45, 2.75) is 6.92 Å². The predicted molar refractivity (Wildman–Crippen MR) is 106 cm³/mol. The van der Waals surface area contributed by atoms with Crippen LogP contribution in [0.5, 0.6) is 11.5 Å². The van der Waals surface area contributed by atoms with Crippen molar-refractivity contribution < 1.29 is 23.4 Å². The van der Waals surface area contributed by atoms with Gasteiger partial charge in [-0.1, -0.05) is 24.8 Å². The average molecular weight is 380 g/mol. The van der Waals surface area contributed by atoms with E-state index in [1.165, 1.54) is 6.08 Å². The summed E-state index contributed by atoms with van der Waals surface area (Å²) < 4.78 is 21.0. The van der Waals surface area contributed by atoms with Gasteiger partial charge in [0.15, 0.2) is 6.61 Å². The van der Waals surface area contributed by atoms with Gasteiger partial charge in [0.25, 0.3) is 0 Å². The standard InChI is InChI=1S/C22H20O6/c1-4-11-26-20(23)13-27-17-9-10-19-18(12-17)14(2)21(22(24)28-19)15-5-7-16(25-3)8-6-15/h4-10,12H,1,11,13H2,2-3H3. The number of hydrogen-bond acceptors (Lipinski definition) is 6. The third-order valence-corrected chi connectivity index (χ3v) is 4.23. The SMILES string of the molecule is C=CCOC(=O)COc1ccc2oc(=O)c(-c3ccc(OC)cc3)c(C)c2c1. The van der Waals surface area contributed by atoms with Crippen LogP contribution in [0.15, 0.2) is 64.3 Å². The molecule has 0 radical (unpaired) electrons. The molecule has 0 saturated heterocycles. The zero-order chi connectivity index (χ0) is 20.1. The first kappa shape index (κ1) is 19.2. The van der Waals surface area contributed by atoms with Crippen LogP contribution in [0.1, 0.15) is 5.56 Å². The van der Waals surface area contributed by atoms with Gasteiger partial charge in [0.1, 0.15) is 23.7 Å². The minimum absolute atomic E-state index is 0.134. The lowest BCUT2D eigenvalue weighted by atomic mass is 9.99. The number of carbonyl (C=O) groups is 1. The summed E-state index contributed by atoms with van der Waals surface area (Å²) in [5.41, 5.74) is 1.99. The average Bonchev–Trinajstić information content (AvgIpc) is 2.71. The maximum absolute atomic E-state index is 12.5. The van der Waals surface area contributed by atoms with Crippen LogP contribution in [0.3, 0.4) is 0 Å². The Morgan fingerprint density at radius 3 is 2.54 bits per heavy atom. The fourth-order valence-corrected chi connectivity index (χ4v) is 2.85. The second kappa shape index (κ2) is 8.43. The Bertz CT molecular complexity index is 1060. The monoisotopic (exact) mass is 380 g/mol. The van der Waals surface area contributed by atoms with Gasteiger partial charge >= 0.3 is 11.6 Å². The highest BCUT2D eigenvalue weighted by molar-refractivity contribution is 5.87. The lowest BCUT2D eigenvalue weighted by Crippen LogP contribution is -2.14. The summed E-state index contributed by atoms with van der Waals surface area (Å²) in [6.45, 7) is 5.24. The summed E-state index contributed by atoms with van der Waals surface area (Å²) in [4.78, 5) is 24.1. The number of methoxy groups -OCH3 is 1. The molecule has 28 heavy (non-hydrogen) atoms. The van der Waals surface area contributed by atoms with E-state index in [1.807, 2.05) is 6.92 Å². The molecule has 144 valence electrons. The van der Waals surface area contributed by atoms with Crippen molar-refractivity contribution >= 4 is 16.9 Å². The molecule has 6 heteroatoms. The molecule has 0 N–H and O–H groups in total. The minimum Gasteiger partial charge on any atom is -0.497 e. The third-order valence-electron chi connectivity index (χ3n) is 4.23. The maximum atomic E-state index is 12.5. The molecule has 0 aliphatic heterocycles. The van der Waals surface area contributed by atoms with E-state index >= 15 is 0 Å². The summed E-state index contributed by atoms with van der Waals surface area (Å²) in [5, 5.41) is 0.724. The predicted octanol–water partition coefficient (Wildman–Crippen LogP) is 3.89. The second-order valence-corrected chi connectivity index (χ2v) is 6.04. The van der Waals surface area contributed by atoms with E-state index in [2.05, 4.69) is 6.58 Å². The summed E-state index contributed by atoms with van der Waals surface area (Å²) in [5.74, 6) is 0.682. The van der Waals surface area contributed by atoms with Crippen LogP contribution >= 0.6 is 0 Å². The number of hydrogen-bond donors (Lipinski definition) is 0. The fourth-order valence-electron chi connectivity index (χ4n) is 2.85. The number of fused-ring (bicyclic) bond motifs is 1. The Kier molecular flexibility index (Phi) is 5.79. The molecular formula is C22H20O6. The molecular weight excluding hydrogens is 360 g/mol. The van der Waals surface area contributed by atoms with Crippen LogP contribution in [0.4, 0.5) is 0 Å². The van der Waals surface area contributed by atoms with Crippen LogP contribution in [0, 0.1) is 6.92 Å². The summed E-state index contributed by atoms with van der Waals surface area (Å²) in [6, 6.07) is 12.2. The lowest BCUT2D eigenvalue weighted by Gasteiger charge is -2.11. The van der Waals surface area contributed by atoms with E-state index in [4.69, 9.17) is 18.6 Å². The molecule has 0 amide bonds. The minimum atomic E-state index is -0.491. The van der Waals surface area contributed by atoms with E-state index in [0.717, 1.165) is 16.5 Å². The molecule has 3 rings (SSSR count). The molecule has 2 aromatic carbocycles. The molecule has 0 aliphatic rings. The Morgan fingerprint density at radius 1 is 1.14 bits per heavy atom. The zero-order valence-corrected chi connectivity index (χ0v) is 15.7. The molecule has 0 aliphatic carbocycles. The molecule has 0 bridgehead atoms. The zero-order valence-electron chi connectivity index (χ0n) is 15.7. The van der Waals surface area contributed by atoms with E-state index in [9.17, 15) is 9.59 Å². The van der Waals surface area contributed by atoms with Gasteiger partial charge in [-0.2, -0.15) is 0 Å². The van der Waals surface area contributed by atoms with Crippen LogP contribution in [0.25, 0.3) is 22.1 Å². The van der Waals surface area contributed by atoms with Crippen molar-refractivity contribution in [3.05, 3.63) is 71.1 Å². The first-order valence-electron chi connectivity index (χ1n) is 8.64. The number of benzene rings is 2. The number of ether oxygens (including phenoxy) is 3. The van der Waals surface area contributed by atoms with Crippen molar-refractivity contribution in [1.29, 1.82) is 0 Å². The van der Waals surface area contributed by atoms with Crippen molar-refractivity contribution in [2.24, 2.45) is 0 Å².